The van der Waals surface area contributed by atoms with E-state index in [1.54, 1.807) is 23.0 Å². The van der Waals surface area contributed by atoms with Crippen molar-refractivity contribution in [1.29, 1.82) is 0 Å². The lowest BCUT2D eigenvalue weighted by atomic mass is 10.2. The first-order chi connectivity index (χ1) is 12.4. The zero-order chi connectivity index (χ0) is 18.7. The van der Waals surface area contributed by atoms with E-state index in [0.29, 0.717) is 4.88 Å². The molecular weight excluding hydrogens is 348 g/mol. The van der Waals surface area contributed by atoms with Crippen LogP contribution in [0.15, 0.2) is 30.6 Å². The summed E-state index contributed by atoms with van der Waals surface area (Å²) in [6.45, 7) is 4.63. The molecule has 7 heteroatoms. The van der Waals surface area contributed by atoms with Crippen LogP contribution in [0.3, 0.4) is 0 Å². The highest BCUT2D eigenvalue weighted by atomic mass is 32.1. The molecule has 0 radical (unpaired) electrons. The molecule has 1 aliphatic heterocycles. The van der Waals surface area contributed by atoms with Gasteiger partial charge in [-0.25, -0.2) is 0 Å². The molecule has 0 spiro atoms. The second-order valence-electron chi connectivity index (χ2n) is 6.80. The molecule has 6 nitrogen and oxygen atoms in total. The summed E-state index contributed by atoms with van der Waals surface area (Å²) in [5.41, 5.74) is 0.903. The molecule has 1 fully saturated rings. The van der Waals surface area contributed by atoms with Gasteiger partial charge < -0.3 is 10.2 Å². The van der Waals surface area contributed by atoms with E-state index in [4.69, 9.17) is 0 Å². The quantitative estimate of drug-likeness (QED) is 0.821. The number of nitrogens with one attached hydrogen (secondary N) is 1. The zero-order valence-electron chi connectivity index (χ0n) is 15.3. The van der Waals surface area contributed by atoms with Crippen LogP contribution < -0.4 is 5.32 Å². The van der Waals surface area contributed by atoms with Gasteiger partial charge in [-0.2, -0.15) is 5.10 Å². The lowest BCUT2D eigenvalue weighted by Crippen LogP contribution is -2.29. The predicted molar refractivity (Wildman–Crippen MR) is 103 cm³/mol. The van der Waals surface area contributed by atoms with E-state index < -0.39 is 0 Å². The molecule has 138 valence electrons. The maximum Gasteiger partial charge on any atom is 0.261 e. The van der Waals surface area contributed by atoms with Gasteiger partial charge in [-0.1, -0.05) is 0 Å². The van der Waals surface area contributed by atoms with Crippen LogP contribution in [-0.4, -0.2) is 39.1 Å². The number of aromatic nitrogens is 2. The van der Waals surface area contributed by atoms with Gasteiger partial charge in [0.25, 0.3) is 5.91 Å². The summed E-state index contributed by atoms with van der Waals surface area (Å²) in [6, 6.07) is 3.98. The largest absolute Gasteiger partial charge is 0.349 e. The number of carbonyl (C=O) groups excluding carboxylic acids is 2. The fourth-order valence-corrected chi connectivity index (χ4v) is 4.16. The molecule has 1 aliphatic rings. The second kappa shape index (κ2) is 7.86. The first kappa shape index (κ1) is 18.4. The third-order valence-corrected chi connectivity index (χ3v) is 5.46. The Morgan fingerprint density at radius 3 is 2.88 bits per heavy atom. The number of hydrogen-bond donors (Lipinski definition) is 1. The van der Waals surface area contributed by atoms with Crippen molar-refractivity contribution in [3.8, 4) is 0 Å². The van der Waals surface area contributed by atoms with Crippen LogP contribution in [0.2, 0.25) is 0 Å². The molecule has 0 aromatic carbocycles. The highest BCUT2D eigenvalue weighted by molar-refractivity contribution is 7.14. The minimum atomic E-state index is -0.0522. The molecular formula is C19H24N4O2S. The fraction of sp³-hybridized carbons (Fsp3) is 0.421. The van der Waals surface area contributed by atoms with Gasteiger partial charge in [-0.15, -0.1) is 11.3 Å². The standard InChI is InChI=1S/C19H24N4O2S/c1-13(2)21-19(25)17-8-7-16(26-17)15-5-4-10-23(15)18(24)9-6-14-11-20-22(3)12-14/h6-9,11-13,15H,4-5,10H2,1-3H3,(H,21,25)/b9-6+/t15-/m1/s1. The Morgan fingerprint density at radius 1 is 1.38 bits per heavy atom. The molecule has 26 heavy (non-hydrogen) atoms. The molecule has 1 atom stereocenters. The Balaban J connectivity index is 1.70. The van der Waals surface area contributed by atoms with Gasteiger partial charge in [0.1, 0.15) is 0 Å². The summed E-state index contributed by atoms with van der Waals surface area (Å²) in [6.07, 6.45) is 8.89. The van der Waals surface area contributed by atoms with Crippen molar-refractivity contribution in [2.75, 3.05) is 6.54 Å². The molecule has 0 aliphatic carbocycles. The van der Waals surface area contributed by atoms with Gasteiger partial charge in [0.2, 0.25) is 5.91 Å². The molecule has 0 unspecified atom stereocenters. The molecule has 2 amide bonds. The van der Waals surface area contributed by atoms with Crippen LogP contribution in [0.5, 0.6) is 0 Å². The summed E-state index contributed by atoms with van der Waals surface area (Å²) in [5, 5.41) is 7.01. The van der Waals surface area contributed by atoms with Crippen LogP contribution in [-0.2, 0) is 11.8 Å². The second-order valence-corrected chi connectivity index (χ2v) is 7.92. The van der Waals surface area contributed by atoms with E-state index >= 15 is 0 Å². The van der Waals surface area contributed by atoms with Crippen molar-refractivity contribution in [2.45, 2.75) is 38.8 Å². The minimum Gasteiger partial charge on any atom is -0.349 e. The molecule has 0 saturated carbocycles. The average Bonchev–Trinajstić information content (AvgIpc) is 3.31. The van der Waals surface area contributed by atoms with Gasteiger partial charge in [0.05, 0.1) is 17.1 Å². The van der Waals surface area contributed by atoms with Crippen LogP contribution in [0.4, 0.5) is 0 Å². The van der Waals surface area contributed by atoms with Gasteiger partial charge in [-0.3, -0.25) is 14.3 Å². The van der Waals surface area contributed by atoms with E-state index in [1.807, 2.05) is 44.1 Å². The molecule has 1 saturated heterocycles. The summed E-state index contributed by atoms with van der Waals surface area (Å²) in [4.78, 5) is 28.4. The number of nitrogens with zero attached hydrogens (tertiary/aromatic N) is 3. The van der Waals surface area contributed by atoms with Gasteiger partial charge in [0.15, 0.2) is 0 Å². The molecule has 3 rings (SSSR count). The van der Waals surface area contributed by atoms with Gasteiger partial charge in [-0.05, 0) is 44.9 Å². The number of thiophene rings is 1. The summed E-state index contributed by atoms with van der Waals surface area (Å²) < 4.78 is 1.71. The fourth-order valence-electron chi connectivity index (χ4n) is 3.10. The third kappa shape index (κ3) is 4.22. The van der Waals surface area contributed by atoms with Crippen LogP contribution >= 0.6 is 11.3 Å². The summed E-state index contributed by atoms with van der Waals surface area (Å²) >= 11 is 1.48. The number of carbonyl (C=O) groups is 2. The Hall–Kier alpha value is -2.41. The highest BCUT2D eigenvalue weighted by Gasteiger charge is 2.30. The molecule has 2 aromatic heterocycles. The van der Waals surface area contributed by atoms with Gasteiger partial charge >= 0.3 is 0 Å². The van der Waals surface area contributed by atoms with Crippen molar-refractivity contribution in [2.24, 2.45) is 7.05 Å². The molecule has 2 aromatic rings. The molecule has 3 heterocycles. The molecule has 0 bridgehead atoms. The first-order valence-corrected chi connectivity index (χ1v) is 9.63. The number of aryl methyl sites for hydroxylation is 1. The number of rotatable bonds is 5. The monoisotopic (exact) mass is 372 g/mol. The van der Waals surface area contributed by atoms with Crippen molar-refractivity contribution >= 4 is 29.2 Å². The van der Waals surface area contributed by atoms with E-state index in [9.17, 15) is 9.59 Å². The van der Waals surface area contributed by atoms with E-state index in [1.165, 1.54) is 11.3 Å². The van der Waals surface area contributed by atoms with Crippen molar-refractivity contribution < 1.29 is 9.59 Å². The van der Waals surface area contributed by atoms with Crippen LogP contribution in [0.25, 0.3) is 6.08 Å². The van der Waals surface area contributed by atoms with E-state index in [2.05, 4.69) is 10.4 Å². The lowest BCUT2D eigenvalue weighted by molar-refractivity contribution is -0.126. The Kier molecular flexibility index (Phi) is 5.56. The summed E-state index contributed by atoms with van der Waals surface area (Å²) in [7, 11) is 1.85. The van der Waals surface area contributed by atoms with Crippen LogP contribution in [0, 0.1) is 0 Å². The summed E-state index contributed by atoms with van der Waals surface area (Å²) in [5.74, 6) is -0.0541. The van der Waals surface area contributed by atoms with E-state index in [0.717, 1.165) is 29.8 Å². The first-order valence-electron chi connectivity index (χ1n) is 8.82. The van der Waals surface area contributed by atoms with Crippen molar-refractivity contribution in [1.82, 2.24) is 20.0 Å². The number of hydrogen-bond acceptors (Lipinski definition) is 4. The average molecular weight is 372 g/mol. The predicted octanol–water partition coefficient (Wildman–Crippen LogP) is 3.00. The lowest BCUT2D eigenvalue weighted by Gasteiger charge is -2.22. The Morgan fingerprint density at radius 2 is 2.19 bits per heavy atom. The third-order valence-electron chi connectivity index (χ3n) is 4.28. The van der Waals surface area contributed by atoms with Crippen LogP contribution in [0.1, 0.15) is 52.8 Å². The number of amides is 2. The highest BCUT2D eigenvalue weighted by Crippen LogP contribution is 2.36. The minimum absolute atomic E-state index is 0.00191. The SMILES string of the molecule is CC(C)NC(=O)c1ccc([C@H]2CCCN2C(=O)/C=C/c2cnn(C)c2)s1. The smallest absolute Gasteiger partial charge is 0.261 e. The maximum atomic E-state index is 12.6. The van der Waals surface area contributed by atoms with E-state index in [-0.39, 0.29) is 23.9 Å². The Bertz CT molecular complexity index is 821. The Labute approximate surface area is 157 Å². The van der Waals surface area contributed by atoms with Crippen molar-refractivity contribution in [3.63, 3.8) is 0 Å². The topological polar surface area (TPSA) is 67.2 Å². The zero-order valence-corrected chi connectivity index (χ0v) is 16.1. The molecule has 1 N–H and O–H groups in total. The number of likely N-dealkylation sites (tertiary alicyclic amines) is 1. The van der Waals surface area contributed by atoms with Crippen molar-refractivity contribution in [3.05, 3.63) is 45.9 Å². The normalized spacial score (nSPS) is 17.4. The van der Waals surface area contributed by atoms with Gasteiger partial charge in [0, 0.05) is 42.3 Å². The maximum absolute atomic E-state index is 12.6.